The highest BCUT2D eigenvalue weighted by molar-refractivity contribution is 9.10. The average molecular weight is 360 g/mol. The third kappa shape index (κ3) is 3.97. The molecule has 1 atom stereocenters. The molecule has 2 nitrogen and oxygen atoms in total. The summed E-state index contributed by atoms with van der Waals surface area (Å²) < 4.78 is 1.07. The van der Waals surface area contributed by atoms with Gasteiger partial charge in [-0.1, -0.05) is 53.4 Å². The van der Waals surface area contributed by atoms with Crippen LogP contribution in [-0.2, 0) is 0 Å². The van der Waals surface area contributed by atoms with Gasteiger partial charge in [-0.15, -0.1) is 0 Å². The molecule has 1 fully saturated rings. The van der Waals surface area contributed by atoms with Crippen molar-refractivity contribution in [2.24, 2.45) is 11.7 Å². The minimum absolute atomic E-state index is 0.296. The molecule has 1 aromatic carbocycles. The lowest BCUT2D eigenvalue weighted by Crippen LogP contribution is -2.40. The molecule has 0 radical (unpaired) electrons. The molecule has 0 bridgehead atoms. The van der Waals surface area contributed by atoms with Gasteiger partial charge in [0.25, 0.3) is 0 Å². The first-order valence-electron chi connectivity index (χ1n) is 7.54. The molecular weight excluding hydrogens is 336 g/mol. The second-order valence-corrected chi connectivity index (χ2v) is 6.98. The summed E-state index contributed by atoms with van der Waals surface area (Å²) in [5, 5.41) is 0.762. The van der Waals surface area contributed by atoms with Gasteiger partial charge in [-0.05, 0) is 49.5 Å². The highest BCUT2D eigenvalue weighted by Gasteiger charge is 2.26. The number of benzene rings is 1. The van der Waals surface area contributed by atoms with Crippen LogP contribution >= 0.6 is 27.5 Å². The van der Waals surface area contributed by atoms with Crippen molar-refractivity contribution >= 4 is 27.5 Å². The van der Waals surface area contributed by atoms with Gasteiger partial charge in [0.2, 0.25) is 0 Å². The van der Waals surface area contributed by atoms with Gasteiger partial charge >= 0.3 is 0 Å². The van der Waals surface area contributed by atoms with Crippen LogP contribution in [0.3, 0.4) is 0 Å². The van der Waals surface area contributed by atoms with Crippen molar-refractivity contribution in [1.82, 2.24) is 4.90 Å². The van der Waals surface area contributed by atoms with E-state index >= 15 is 0 Å². The number of nitrogens with zero attached hydrogens (tertiary/aromatic N) is 1. The van der Waals surface area contributed by atoms with E-state index in [2.05, 4.69) is 33.8 Å². The molecular formula is C16H24BrClN2. The van der Waals surface area contributed by atoms with Crippen LogP contribution in [0, 0.1) is 5.92 Å². The van der Waals surface area contributed by atoms with E-state index in [-0.39, 0.29) is 0 Å². The number of likely N-dealkylation sites (tertiary alicyclic amines) is 1. The summed E-state index contributed by atoms with van der Waals surface area (Å²) in [4.78, 5) is 2.53. The standard InChI is InChI=1S/C16H24BrClN2/c1-2-3-12-6-8-20(9-7-12)16(11-19)14-5-4-13(18)10-15(14)17/h4-5,10,12,16H,2-3,6-9,11,19H2,1H3. The molecule has 1 saturated heterocycles. The number of hydrogen-bond acceptors (Lipinski definition) is 2. The lowest BCUT2D eigenvalue weighted by atomic mass is 9.91. The molecule has 20 heavy (non-hydrogen) atoms. The molecule has 0 aliphatic carbocycles. The predicted molar refractivity (Wildman–Crippen MR) is 90.2 cm³/mol. The van der Waals surface area contributed by atoms with Crippen LogP contribution in [0.4, 0.5) is 0 Å². The van der Waals surface area contributed by atoms with E-state index in [9.17, 15) is 0 Å². The molecule has 2 rings (SSSR count). The number of nitrogens with two attached hydrogens (primary N) is 1. The number of hydrogen-bond donors (Lipinski definition) is 1. The van der Waals surface area contributed by atoms with Gasteiger partial charge in [0.1, 0.15) is 0 Å². The van der Waals surface area contributed by atoms with Gasteiger partial charge in [-0.3, -0.25) is 4.90 Å². The van der Waals surface area contributed by atoms with Crippen LogP contribution in [0.25, 0.3) is 0 Å². The van der Waals surface area contributed by atoms with Crippen molar-refractivity contribution < 1.29 is 0 Å². The Bertz CT molecular complexity index is 430. The third-order valence-electron chi connectivity index (χ3n) is 4.33. The van der Waals surface area contributed by atoms with Crippen LogP contribution in [0.2, 0.25) is 5.02 Å². The highest BCUT2D eigenvalue weighted by Crippen LogP contribution is 2.33. The fourth-order valence-electron chi connectivity index (χ4n) is 3.21. The van der Waals surface area contributed by atoms with Gasteiger partial charge in [0.05, 0.1) is 0 Å². The summed E-state index contributed by atoms with van der Waals surface area (Å²) >= 11 is 9.65. The summed E-state index contributed by atoms with van der Waals surface area (Å²) in [5.74, 6) is 0.906. The molecule has 0 spiro atoms. The molecule has 0 aromatic heterocycles. The molecule has 1 unspecified atom stereocenters. The summed E-state index contributed by atoms with van der Waals surface area (Å²) in [5.41, 5.74) is 7.30. The first kappa shape index (κ1) is 16.3. The van der Waals surface area contributed by atoms with Gasteiger partial charge in [0, 0.05) is 22.1 Å². The first-order valence-corrected chi connectivity index (χ1v) is 8.71. The Morgan fingerprint density at radius 2 is 2.10 bits per heavy atom. The van der Waals surface area contributed by atoms with Crippen LogP contribution in [-0.4, -0.2) is 24.5 Å². The molecule has 0 amide bonds. The summed E-state index contributed by atoms with van der Waals surface area (Å²) in [7, 11) is 0. The molecule has 1 aromatic rings. The Balaban J connectivity index is 2.05. The Morgan fingerprint density at radius 1 is 1.40 bits per heavy atom. The maximum absolute atomic E-state index is 6.04. The Kier molecular flexibility index (Phi) is 6.34. The maximum atomic E-state index is 6.04. The van der Waals surface area contributed by atoms with Crippen molar-refractivity contribution in [3.8, 4) is 0 Å². The average Bonchev–Trinajstić information content (AvgIpc) is 2.44. The van der Waals surface area contributed by atoms with E-state index in [1.165, 1.54) is 31.2 Å². The normalized spacial score (nSPS) is 19.2. The minimum Gasteiger partial charge on any atom is -0.329 e. The second-order valence-electron chi connectivity index (χ2n) is 5.69. The van der Waals surface area contributed by atoms with E-state index in [1.54, 1.807) is 0 Å². The zero-order valence-corrected chi connectivity index (χ0v) is 14.5. The van der Waals surface area contributed by atoms with E-state index < -0.39 is 0 Å². The zero-order valence-electron chi connectivity index (χ0n) is 12.1. The van der Waals surface area contributed by atoms with Crippen LogP contribution < -0.4 is 5.73 Å². The largest absolute Gasteiger partial charge is 0.329 e. The molecule has 0 saturated carbocycles. The van der Waals surface area contributed by atoms with Crippen molar-refractivity contribution in [3.05, 3.63) is 33.3 Å². The fourth-order valence-corrected chi connectivity index (χ4v) is 4.15. The Hall–Kier alpha value is -0.0900. The minimum atomic E-state index is 0.296. The second kappa shape index (κ2) is 7.79. The molecule has 4 heteroatoms. The smallest absolute Gasteiger partial charge is 0.0481 e. The molecule has 1 aliphatic heterocycles. The fraction of sp³-hybridized carbons (Fsp3) is 0.625. The van der Waals surface area contributed by atoms with E-state index in [4.69, 9.17) is 17.3 Å². The SMILES string of the molecule is CCCC1CCN(C(CN)c2ccc(Cl)cc2Br)CC1. The van der Waals surface area contributed by atoms with Crippen molar-refractivity contribution in [2.75, 3.05) is 19.6 Å². The van der Waals surface area contributed by atoms with Crippen LogP contribution in [0.1, 0.15) is 44.2 Å². The topological polar surface area (TPSA) is 29.3 Å². The predicted octanol–water partition coefficient (Wildman–Crippen LogP) is 4.61. The molecule has 112 valence electrons. The van der Waals surface area contributed by atoms with Crippen molar-refractivity contribution in [2.45, 2.75) is 38.6 Å². The Labute approximate surface area is 135 Å². The lowest BCUT2D eigenvalue weighted by Gasteiger charge is -2.37. The first-order chi connectivity index (χ1) is 9.65. The van der Waals surface area contributed by atoms with Crippen molar-refractivity contribution in [3.63, 3.8) is 0 Å². The molecule has 1 aliphatic rings. The van der Waals surface area contributed by atoms with E-state index in [0.717, 1.165) is 28.5 Å². The monoisotopic (exact) mass is 358 g/mol. The van der Waals surface area contributed by atoms with Gasteiger partial charge in [-0.2, -0.15) is 0 Å². The number of halogens is 2. The summed E-state index contributed by atoms with van der Waals surface area (Å²) in [6.07, 6.45) is 5.27. The highest BCUT2D eigenvalue weighted by atomic mass is 79.9. The summed E-state index contributed by atoms with van der Waals surface area (Å²) in [6.45, 7) is 5.24. The summed E-state index contributed by atoms with van der Waals surface area (Å²) in [6, 6.07) is 6.31. The maximum Gasteiger partial charge on any atom is 0.0481 e. The third-order valence-corrected chi connectivity index (χ3v) is 5.25. The number of piperidine rings is 1. The van der Waals surface area contributed by atoms with Crippen molar-refractivity contribution in [1.29, 1.82) is 0 Å². The van der Waals surface area contributed by atoms with Gasteiger partial charge < -0.3 is 5.73 Å². The van der Waals surface area contributed by atoms with E-state index in [0.29, 0.717) is 12.6 Å². The van der Waals surface area contributed by atoms with E-state index in [1.807, 2.05) is 12.1 Å². The quantitative estimate of drug-likeness (QED) is 0.831. The number of rotatable bonds is 5. The zero-order chi connectivity index (χ0) is 14.5. The van der Waals surface area contributed by atoms with Crippen LogP contribution in [0.5, 0.6) is 0 Å². The van der Waals surface area contributed by atoms with Gasteiger partial charge in [-0.25, -0.2) is 0 Å². The molecule has 2 N–H and O–H groups in total. The molecule has 1 heterocycles. The van der Waals surface area contributed by atoms with Gasteiger partial charge in [0.15, 0.2) is 0 Å². The lowest BCUT2D eigenvalue weighted by molar-refractivity contribution is 0.131. The van der Waals surface area contributed by atoms with Crippen LogP contribution in [0.15, 0.2) is 22.7 Å². The Morgan fingerprint density at radius 3 is 2.65 bits per heavy atom.